The van der Waals surface area contributed by atoms with E-state index in [0.717, 1.165) is 13.1 Å². The number of piperidine rings is 1. The Morgan fingerprint density at radius 1 is 1.43 bits per heavy atom. The number of esters is 1. The standard InChI is InChI=1S/C10H19NO3/c1-9(2,8(12)14-3)10(13)4-6-11-7-5-10/h11,13H,4-7H2,1-3H3. The Morgan fingerprint density at radius 2 is 1.93 bits per heavy atom. The van der Waals surface area contributed by atoms with Crippen molar-refractivity contribution in [3.8, 4) is 0 Å². The molecule has 0 unspecified atom stereocenters. The van der Waals surface area contributed by atoms with E-state index < -0.39 is 11.0 Å². The summed E-state index contributed by atoms with van der Waals surface area (Å²) in [5.74, 6) is -0.345. The topological polar surface area (TPSA) is 58.6 Å². The fourth-order valence-electron chi connectivity index (χ4n) is 1.91. The fourth-order valence-corrected chi connectivity index (χ4v) is 1.91. The van der Waals surface area contributed by atoms with Crippen LogP contribution >= 0.6 is 0 Å². The molecule has 0 atom stereocenters. The molecule has 2 N–H and O–H groups in total. The summed E-state index contributed by atoms with van der Waals surface area (Å²) in [6, 6.07) is 0. The SMILES string of the molecule is COC(=O)C(C)(C)C1(O)CCNCC1. The van der Waals surface area contributed by atoms with Crippen LogP contribution in [-0.4, -0.2) is 36.9 Å². The van der Waals surface area contributed by atoms with Gasteiger partial charge in [0.05, 0.1) is 18.1 Å². The third-order valence-electron chi connectivity index (χ3n) is 3.29. The van der Waals surface area contributed by atoms with Gasteiger partial charge >= 0.3 is 5.97 Å². The van der Waals surface area contributed by atoms with Gasteiger partial charge in [0, 0.05) is 0 Å². The molecule has 0 aromatic heterocycles. The second kappa shape index (κ2) is 3.87. The number of rotatable bonds is 2. The van der Waals surface area contributed by atoms with Gasteiger partial charge in [0.15, 0.2) is 0 Å². The highest BCUT2D eigenvalue weighted by molar-refractivity contribution is 5.77. The van der Waals surface area contributed by atoms with Crippen molar-refractivity contribution >= 4 is 5.97 Å². The molecule has 1 heterocycles. The van der Waals surface area contributed by atoms with Crippen molar-refractivity contribution in [1.29, 1.82) is 0 Å². The molecule has 0 radical (unpaired) electrons. The minimum atomic E-state index is -0.939. The lowest BCUT2D eigenvalue weighted by Gasteiger charge is -2.43. The Hall–Kier alpha value is -0.610. The molecule has 0 aliphatic carbocycles. The predicted molar refractivity (Wildman–Crippen MR) is 52.9 cm³/mol. The molecule has 0 aromatic carbocycles. The molecule has 0 spiro atoms. The van der Waals surface area contributed by atoms with Crippen LogP contribution in [-0.2, 0) is 9.53 Å². The molecule has 4 nitrogen and oxygen atoms in total. The van der Waals surface area contributed by atoms with Gasteiger partial charge in [-0.05, 0) is 39.8 Å². The van der Waals surface area contributed by atoms with Crippen LogP contribution < -0.4 is 5.32 Å². The van der Waals surface area contributed by atoms with Gasteiger partial charge in [-0.2, -0.15) is 0 Å². The third-order valence-corrected chi connectivity index (χ3v) is 3.29. The summed E-state index contributed by atoms with van der Waals surface area (Å²) in [5.41, 5.74) is -1.77. The Kier molecular flexibility index (Phi) is 3.17. The van der Waals surface area contributed by atoms with Gasteiger partial charge in [-0.3, -0.25) is 4.79 Å². The smallest absolute Gasteiger partial charge is 0.314 e. The molecule has 1 saturated heterocycles. The second-order valence-electron chi connectivity index (χ2n) is 4.40. The lowest BCUT2D eigenvalue weighted by molar-refractivity contribution is -0.171. The van der Waals surface area contributed by atoms with E-state index in [-0.39, 0.29) is 5.97 Å². The molecular formula is C10H19NO3. The lowest BCUT2D eigenvalue weighted by atomic mass is 9.70. The number of carbonyl (C=O) groups excluding carboxylic acids is 1. The van der Waals surface area contributed by atoms with Gasteiger partial charge in [0.1, 0.15) is 0 Å². The maximum Gasteiger partial charge on any atom is 0.314 e. The van der Waals surface area contributed by atoms with Gasteiger partial charge in [-0.1, -0.05) is 0 Å². The highest BCUT2D eigenvalue weighted by atomic mass is 16.5. The summed E-state index contributed by atoms with van der Waals surface area (Å²) in [7, 11) is 1.36. The van der Waals surface area contributed by atoms with Crippen LogP contribution in [0.1, 0.15) is 26.7 Å². The van der Waals surface area contributed by atoms with Crippen LogP contribution in [0.3, 0.4) is 0 Å². The first kappa shape index (κ1) is 11.5. The molecule has 14 heavy (non-hydrogen) atoms. The Morgan fingerprint density at radius 3 is 2.36 bits per heavy atom. The van der Waals surface area contributed by atoms with Gasteiger partial charge in [0.2, 0.25) is 0 Å². The Bertz CT molecular complexity index is 219. The molecular weight excluding hydrogens is 182 g/mol. The Labute approximate surface area is 84.6 Å². The minimum Gasteiger partial charge on any atom is -0.469 e. The van der Waals surface area contributed by atoms with Gasteiger partial charge in [-0.25, -0.2) is 0 Å². The lowest BCUT2D eigenvalue weighted by Crippen LogP contribution is -2.55. The monoisotopic (exact) mass is 201 g/mol. The zero-order chi connectivity index (χ0) is 10.8. The highest BCUT2D eigenvalue weighted by Crippen LogP contribution is 2.38. The third kappa shape index (κ3) is 1.77. The van der Waals surface area contributed by atoms with E-state index in [1.807, 2.05) is 0 Å². The summed E-state index contributed by atoms with van der Waals surface area (Å²) < 4.78 is 4.71. The number of methoxy groups -OCH3 is 1. The van der Waals surface area contributed by atoms with Crippen molar-refractivity contribution in [2.24, 2.45) is 5.41 Å². The van der Waals surface area contributed by atoms with Crippen LogP contribution in [0.15, 0.2) is 0 Å². The zero-order valence-electron chi connectivity index (χ0n) is 9.09. The first-order valence-electron chi connectivity index (χ1n) is 4.95. The zero-order valence-corrected chi connectivity index (χ0v) is 9.09. The fraction of sp³-hybridized carbons (Fsp3) is 0.900. The van der Waals surface area contributed by atoms with E-state index in [2.05, 4.69) is 5.32 Å². The quantitative estimate of drug-likeness (QED) is 0.631. The van der Waals surface area contributed by atoms with Crippen molar-refractivity contribution in [1.82, 2.24) is 5.32 Å². The summed E-state index contributed by atoms with van der Waals surface area (Å²) >= 11 is 0. The number of carbonyl (C=O) groups is 1. The van der Waals surface area contributed by atoms with Crippen LogP contribution in [0.2, 0.25) is 0 Å². The summed E-state index contributed by atoms with van der Waals surface area (Å²) in [6.45, 7) is 4.97. The van der Waals surface area contributed by atoms with Crippen molar-refractivity contribution in [3.63, 3.8) is 0 Å². The first-order valence-corrected chi connectivity index (χ1v) is 4.95. The molecule has 4 heteroatoms. The van der Waals surface area contributed by atoms with E-state index in [9.17, 15) is 9.90 Å². The molecule has 0 amide bonds. The molecule has 0 saturated carbocycles. The molecule has 0 bridgehead atoms. The highest BCUT2D eigenvalue weighted by Gasteiger charge is 2.49. The maximum atomic E-state index is 11.5. The van der Waals surface area contributed by atoms with Gasteiger partial charge < -0.3 is 15.2 Å². The molecule has 0 aromatic rings. The van der Waals surface area contributed by atoms with Gasteiger partial charge in [-0.15, -0.1) is 0 Å². The largest absolute Gasteiger partial charge is 0.469 e. The van der Waals surface area contributed by atoms with Crippen LogP contribution in [0.5, 0.6) is 0 Å². The number of aliphatic hydroxyl groups is 1. The van der Waals surface area contributed by atoms with Crippen molar-refractivity contribution in [2.45, 2.75) is 32.3 Å². The van der Waals surface area contributed by atoms with Crippen LogP contribution in [0, 0.1) is 5.41 Å². The van der Waals surface area contributed by atoms with E-state index in [1.54, 1.807) is 13.8 Å². The second-order valence-corrected chi connectivity index (χ2v) is 4.40. The van der Waals surface area contributed by atoms with Crippen LogP contribution in [0.25, 0.3) is 0 Å². The molecule has 82 valence electrons. The molecule has 1 fully saturated rings. The van der Waals surface area contributed by atoms with E-state index in [1.165, 1.54) is 7.11 Å². The van der Waals surface area contributed by atoms with E-state index >= 15 is 0 Å². The summed E-state index contributed by atoms with van der Waals surface area (Å²) in [6.07, 6.45) is 1.18. The normalized spacial score (nSPS) is 21.7. The predicted octanol–water partition coefficient (Wildman–Crippen LogP) is 0.300. The average Bonchev–Trinajstić information content (AvgIpc) is 2.17. The van der Waals surface area contributed by atoms with Gasteiger partial charge in [0.25, 0.3) is 0 Å². The van der Waals surface area contributed by atoms with Crippen molar-refractivity contribution < 1.29 is 14.6 Å². The number of ether oxygens (including phenoxy) is 1. The van der Waals surface area contributed by atoms with Crippen molar-refractivity contribution in [3.05, 3.63) is 0 Å². The molecule has 1 aliphatic rings. The average molecular weight is 201 g/mol. The van der Waals surface area contributed by atoms with E-state index in [4.69, 9.17) is 4.74 Å². The molecule has 1 aliphatic heterocycles. The minimum absolute atomic E-state index is 0.345. The number of hydrogen-bond donors (Lipinski definition) is 2. The van der Waals surface area contributed by atoms with Crippen molar-refractivity contribution in [2.75, 3.05) is 20.2 Å². The molecule has 1 rings (SSSR count). The van der Waals surface area contributed by atoms with Crippen LogP contribution in [0.4, 0.5) is 0 Å². The summed E-state index contributed by atoms with van der Waals surface area (Å²) in [5, 5.41) is 13.5. The Balaban J connectivity index is 2.82. The number of hydrogen-bond acceptors (Lipinski definition) is 4. The maximum absolute atomic E-state index is 11.5. The summed E-state index contributed by atoms with van der Waals surface area (Å²) in [4.78, 5) is 11.5. The first-order chi connectivity index (χ1) is 6.44. The van der Waals surface area contributed by atoms with E-state index in [0.29, 0.717) is 12.8 Å². The number of nitrogens with one attached hydrogen (secondary N) is 1.